The zero-order valence-corrected chi connectivity index (χ0v) is 12.5. The number of fused-ring (bicyclic) bond motifs is 1. The lowest BCUT2D eigenvalue weighted by Gasteiger charge is -2.21. The average Bonchev–Trinajstić information content (AvgIpc) is 2.89. The zero-order valence-electron chi connectivity index (χ0n) is 12.5. The molecule has 0 saturated carbocycles. The molecule has 0 aliphatic rings. The molecule has 3 nitrogen and oxygen atoms in total. The molecule has 0 saturated heterocycles. The molecule has 1 heterocycles. The highest BCUT2D eigenvalue weighted by Crippen LogP contribution is 2.27. The maximum absolute atomic E-state index is 13.2. The molecule has 2 aromatic carbocycles. The molecule has 0 atom stereocenters. The van der Waals surface area contributed by atoms with Crippen LogP contribution in [0.15, 0.2) is 42.5 Å². The number of hydrogen-bond donors (Lipinski definition) is 0. The third-order valence-electron chi connectivity index (χ3n) is 3.59. The molecule has 0 aliphatic carbocycles. The summed E-state index contributed by atoms with van der Waals surface area (Å²) in [5.74, 6) is 0. The van der Waals surface area contributed by atoms with Gasteiger partial charge in [-0.2, -0.15) is 0 Å². The summed E-state index contributed by atoms with van der Waals surface area (Å²) in [6, 6.07) is 13.6. The first-order valence-electron chi connectivity index (χ1n) is 7.00. The Kier molecular flexibility index (Phi) is 3.24. The normalized spacial score (nSPS) is 12.0. The average molecular weight is 283 g/mol. The van der Waals surface area contributed by atoms with E-state index in [0.717, 1.165) is 22.3 Å². The lowest BCUT2D eigenvalue weighted by Crippen LogP contribution is -2.12. The molecule has 0 amide bonds. The molecule has 0 spiro atoms. The predicted molar refractivity (Wildman–Crippen MR) is 82.4 cm³/mol. The molecule has 0 fully saturated rings. The van der Waals surface area contributed by atoms with Crippen molar-refractivity contribution in [2.24, 2.45) is 0 Å². The minimum absolute atomic E-state index is 0.0453. The fraction of sp³-hybridized carbons (Fsp3) is 0.294. The van der Waals surface area contributed by atoms with Crippen molar-refractivity contribution in [3.05, 3.63) is 53.6 Å². The van der Waals surface area contributed by atoms with Crippen LogP contribution in [-0.2, 0) is 12.1 Å². The van der Waals surface area contributed by atoms with Crippen molar-refractivity contribution in [1.29, 1.82) is 0 Å². The summed E-state index contributed by atoms with van der Waals surface area (Å²) < 4.78 is 15.0. The molecular weight excluding hydrogens is 265 g/mol. The van der Waals surface area contributed by atoms with Gasteiger partial charge in [-0.15, -0.1) is 5.10 Å². The SMILES string of the molecule is CC(C)(C)c1cc(CF)cc(-n2nnc3ccccc32)c1. The van der Waals surface area contributed by atoms with E-state index < -0.39 is 6.67 Å². The summed E-state index contributed by atoms with van der Waals surface area (Å²) in [6.45, 7) is 5.87. The first-order valence-corrected chi connectivity index (χ1v) is 7.00. The number of nitrogens with zero attached hydrogens (tertiary/aromatic N) is 3. The van der Waals surface area contributed by atoms with E-state index in [1.807, 2.05) is 36.4 Å². The van der Waals surface area contributed by atoms with Crippen molar-refractivity contribution in [2.45, 2.75) is 32.9 Å². The Morgan fingerprint density at radius 2 is 1.86 bits per heavy atom. The van der Waals surface area contributed by atoms with Crippen molar-refractivity contribution >= 4 is 11.0 Å². The van der Waals surface area contributed by atoms with Gasteiger partial charge in [-0.05, 0) is 40.8 Å². The summed E-state index contributed by atoms with van der Waals surface area (Å²) in [5.41, 5.74) is 4.32. The second-order valence-corrected chi connectivity index (χ2v) is 6.26. The Morgan fingerprint density at radius 1 is 1.10 bits per heavy atom. The molecule has 108 valence electrons. The molecule has 0 N–H and O–H groups in total. The predicted octanol–water partition coefficient (Wildman–Crippen LogP) is 4.19. The summed E-state index contributed by atoms with van der Waals surface area (Å²) in [5, 5.41) is 8.37. The molecule has 0 unspecified atom stereocenters. The van der Waals surface area contributed by atoms with Crippen LogP contribution in [0.3, 0.4) is 0 Å². The van der Waals surface area contributed by atoms with E-state index in [1.165, 1.54) is 0 Å². The van der Waals surface area contributed by atoms with Crippen LogP contribution in [-0.4, -0.2) is 15.0 Å². The van der Waals surface area contributed by atoms with Crippen LogP contribution in [0.5, 0.6) is 0 Å². The van der Waals surface area contributed by atoms with Crippen molar-refractivity contribution in [3.63, 3.8) is 0 Å². The number of aromatic nitrogens is 3. The number of alkyl halides is 1. The van der Waals surface area contributed by atoms with Gasteiger partial charge in [0.1, 0.15) is 12.2 Å². The van der Waals surface area contributed by atoms with Gasteiger partial charge >= 0.3 is 0 Å². The van der Waals surface area contributed by atoms with E-state index in [9.17, 15) is 4.39 Å². The largest absolute Gasteiger partial charge is 0.246 e. The highest BCUT2D eigenvalue weighted by molar-refractivity contribution is 5.76. The lowest BCUT2D eigenvalue weighted by molar-refractivity contribution is 0.483. The molecular formula is C17H18FN3. The standard InChI is InChI=1S/C17H18FN3/c1-17(2,3)13-8-12(11-18)9-14(10-13)21-16-7-5-4-6-15(16)19-20-21/h4-10H,11H2,1-3H3. The molecule has 21 heavy (non-hydrogen) atoms. The Hall–Kier alpha value is -2.23. The fourth-order valence-electron chi connectivity index (χ4n) is 2.37. The van der Waals surface area contributed by atoms with E-state index in [1.54, 1.807) is 4.68 Å². The summed E-state index contributed by atoms with van der Waals surface area (Å²) >= 11 is 0. The van der Waals surface area contributed by atoms with Gasteiger partial charge in [-0.1, -0.05) is 44.2 Å². The van der Waals surface area contributed by atoms with Gasteiger partial charge in [0, 0.05) is 0 Å². The van der Waals surface area contributed by atoms with Gasteiger partial charge in [0.15, 0.2) is 0 Å². The van der Waals surface area contributed by atoms with E-state index in [0.29, 0.717) is 5.56 Å². The maximum Gasteiger partial charge on any atom is 0.115 e. The molecule has 4 heteroatoms. The molecule has 0 aliphatic heterocycles. The van der Waals surface area contributed by atoms with Gasteiger partial charge in [-0.25, -0.2) is 9.07 Å². The Labute approximate surface area is 123 Å². The second kappa shape index (κ2) is 4.95. The van der Waals surface area contributed by atoms with Crippen LogP contribution in [0, 0.1) is 0 Å². The highest BCUT2D eigenvalue weighted by Gasteiger charge is 2.17. The quantitative estimate of drug-likeness (QED) is 0.706. The number of rotatable bonds is 2. The van der Waals surface area contributed by atoms with Crippen molar-refractivity contribution in [3.8, 4) is 5.69 Å². The number of hydrogen-bond acceptors (Lipinski definition) is 2. The van der Waals surface area contributed by atoms with E-state index in [2.05, 4.69) is 37.1 Å². The number of benzene rings is 2. The third kappa shape index (κ3) is 2.53. The summed E-state index contributed by atoms with van der Waals surface area (Å²) in [6.07, 6.45) is 0. The smallest absolute Gasteiger partial charge is 0.115 e. The highest BCUT2D eigenvalue weighted by atomic mass is 19.1. The Bertz CT molecular complexity index is 784. The zero-order chi connectivity index (χ0) is 15.0. The number of para-hydroxylation sites is 1. The van der Waals surface area contributed by atoms with Gasteiger partial charge in [0.2, 0.25) is 0 Å². The van der Waals surface area contributed by atoms with Crippen LogP contribution in [0.2, 0.25) is 0 Å². The third-order valence-corrected chi connectivity index (χ3v) is 3.59. The van der Waals surface area contributed by atoms with Gasteiger partial charge in [0.05, 0.1) is 11.2 Å². The van der Waals surface area contributed by atoms with E-state index in [4.69, 9.17) is 0 Å². The minimum atomic E-state index is -0.483. The summed E-state index contributed by atoms with van der Waals surface area (Å²) in [4.78, 5) is 0. The number of halogens is 1. The van der Waals surface area contributed by atoms with Crippen LogP contribution < -0.4 is 0 Å². The van der Waals surface area contributed by atoms with Gasteiger partial charge in [-0.3, -0.25) is 0 Å². The summed E-state index contributed by atoms with van der Waals surface area (Å²) in [7, 11) is 0. The Morgan fingerprint density at radius 3 is 2.57 bits per heavy atom. The molecule has 3 rings (SSSR count). The van der Waals surface area contributed by atoms with Gasteiger partial charge < -0.3 is 0 Å². The molecule has 0 bridgehead atoms. The molecule has 0 radical (unpaired) electrons. The van der Waals surface area contributed by atoms with Crippen LogP contribution in [0.1, 0.15) is 31.9 Å². The fourth-order valence-corrected chi connectivity index (χ4v) is 2.37. The molecule has 1 aromatic heterocycles. The van der Waals surface area contributed by atoms with E-state index >= 15 is 0 Å². The second-order valence-electron chi connectivity index (χ2n) is 6.26. The molecule has 3 aromatic rings. The monoisotopic (exact) mass is 283 g/mol. The van der Waals surface area contributed by atoms with Crippen LogP contribution >= 0.6 is 0 Å². The van der Waals surface area contributed by atoms with Crippen LogP contribution in [0.25, 0.3) is 16.7 Å². The van der Waals surface area contributed by atoms with E-state index in [-0.39, 0.29) is 5.41 Å². The van der Waals surface area contributed by atoms with Crippen molar-refractivity contribution in [2.75, 3.05) is 0 Å². The van der Waals surface area contributed by atoms with Crippen LogP contribution in [0.4, 0.5) is 4.39 Å². The first-order chi connectivity index (χ1) is 9.99. The van der Waals surface area contributed by atoms with Gasteiger partial charge in [0.25, 0.3) is 0 Å². The minimum Gasteiger partial charge on any atom is -0.246 e. The van der Waals surface area contributed by atoms with Crippen molar-refractivity contribution in [1.82, 2.24) is 15.0 Å². The Balaban J connectivity index is 2.22. The lowest BCUT2D eigenvalue weighted by atomic mass is 9.86. The maximum atomic E-state index is 13.2. The first kappa shape index (κ1) is 13.7. The topological polar surface area (TPSA) is 30.7 Å². The van der Waals surface area contributed by atoms with Crippen molar-refractivity contribution < 1.29 is 4.39 Å².